The van der Waals surface area contributed by atoms with E-state index in [4.69, 9.17) is 16.7 Å². The Labute approximate surface area is 97.2 Å². The van der Waals surface area contributed by atoms with Crippen LogP contribution in [0.2, 0.25) is 5.02 Å². The number of aliphatic carboxylic acids is 1. The molecule has 1 aliphatic rings. The summed E-state index contributed by atoms with van der Waals surface area (Å²) < 4.78 is 13.1. The van der Waals surface area contributed by atoms with E-state index in [-0.39, 0.29) is 11.6 Å². The molecule has 0 aliphatic heterocycles. The third kappa shape index (κ3) is 2.03. The lowest BCUT2D eigenvalue weighted by molar-refractivity contribution is -0.140. The van der Waals surface area contributed by atoms with E-state index in [1.807, 2.05) is 0 Å². The van der Waals surface area contributed by atoms with Crippen molar-refractivity contribution in [2.75, 3.05) is 0 Å². The van der Waals surface area contributed by atoms with E-state index in [2.05, 4.69) is 5.32 Å². The number of hydrogen-bond donors (Lipinski definition) is 2. The van der Waals surface area contributed by atoms with E-state index in [1.54, 1.807) is 12.1 Å². The van der Waals surface area contributed by atoms with E-state index >= 15 is 0 Å². The van der Waals surface area contributed by atoms with Crippen LogP contribution in [0.1, 0.15) is 18.4 Å². The average Bonchev–Trinajstić information content (AvgIpc) is 3.01. The lowest BCUT2D eigenvalue weighted by atomic mass is 10.2. The normalized spacial score (nSPS) is 17.1. The van der Waals surface area contributed by atoms with Gasteiger partial charge in [0.25, 0.3) is 0 Å². The summed E-state index contributed by atoms with van der Waals surface area (Å²) >= 11 is 5.76. The summed E-state index contributed by atoms with van der Waals surface area (Å²) in [4.78, 5) is 10.9. The molecular formula is C11H11ClFNO2. The van der Waals surface area contributed by atoms with Gasteiger partial charge in [0.2, 0.25) is 0 Å². The van der Waals surface area contributed by atoms with Crippen molar-refractivity contribution >= 4 is 17.6 Å². The van der Waals surface area contributed by atoms with Crippen LogP contribution >= 0.6 is 11.6 Å². The maximum atomic E-state index is 13.1. The Morgan fingerprint density at radius 3 is 2.81 bits per heavy atom. The Kier molecular flexibility index (Phi) is 2.86. The molecule has 2 N–H and O–H groups in total. The van der Waals surface area contributed by atoms with E-state index in [0.29, 0.717) is 18.4 Å². The predicted octanol–water partition coefficient (Wildman–Crippen LogP) is 2.19. The zero-order chi connectivity index (χ0) is 11.8. The van der Waals surface area contributed by atoms with Crippen molar-refractivity contribution in [3.8, 4) is 0 Å². The molecule has 2 rings (SSSR count). The summed E-state index contributed by atoms with van der Waals surface area (Å²) in [6.07, 6.45) is 1.21. The van der Waals surface area contributed by atoms with Crippen LogP contribution in [0.25, 0.3) is 0 Å². The predicted molar refractivity (Wildman–Crippen MR) is 57.9 cm³/mol. The fourth-order valence-corrected chi connectivity index (χ4v) is 1.73. The minimum Gasteiger partial charge on any atom is -0.480 e. The maximum Gasteiger partial charge on any atom is 0.323 e. The van der Waals surface area contributed by atoms with Gasteiger partial charge in [-0.25, -0.2) is 4.39 Å². The zero-order valence-corrected chi connectivity index (χ0v) is 9.22. The summed E-state index contributed by atoms with van der Waals surface area (Å²) in [6, 6.07) is 4.50. The Bertz CT molecular complexity index is 432. The second-order valence-electron chi connectivity index (χ2n) is 3.95. The van der Waals surface area contributed by atoms with Crippen LogP contribution in [-0.2, 0) is 11.3 Å². The molecule has 1 aromatic rings. The van der Waals surface area contributed by atoms with Gasteiger partial charge < -0.3 is 5.11 Å². The molecule has 0 heterocycles. The molecule has 1 aliphatic carbocycles. The number of rotatable bonds is 4. The minimum absolute atomic E-state index is 0.0520. The van der Waals surface area contributed by atoms with E-state index in [9.17, 15) is 9.18 Å². The third-order valence-corrected chi connectivity index (χ3v) is 3.23. The van der Waals surface area contributed by atoms with Crippen LogP contribution in [0.4, 0.5) is 4.39 Å². The molecule has 0 unspecified atom stereocenters. The highest BCUT2D eigenvalue weighted by molar-refractivity contribution is 6.31. The van der Waals surface area contributed by atoms with Crippen LogP contribution in [0.15, 0.2) is 18.2 Å². The van der Waals surface area contributed by atoms with Gasteiger partial charge in [-0.15, -0.1) is 0 Å². The van der Waals surface area contributed by atoms with E-state index in [1.165, 1.54) is 6.07 Å². The van der Waals surface area contributed by atoms with E-state index in [0.717, 1.165) is 0 Å². The van der Waals surface area contributed by atoms with Crippen LogP contribution in [0.3, 0.4) is 0 Å². The van der Waals surface area contributed by atoms with Crippen LogP contribution in [0.5, 0.6) is 0 Å². The van der Waals surface area contributed by atoms with Gasteiger partial charge in [0.1, 0.15) is 11.4 Å². The molecule has 1 fully saturated rings. The first-order valence-corrected chi connectivity index (χ1v) is 5.34. The monoisotopic (exact) mass is 243 g/mol. The number of hydrogen-bond acceptors (Lipinski definition) is 2. The van der Waals surface area contributed by atoms with Gasteiger partial charge in [-0.1, -0.05) is 23.7 Å². The number of carbonyl (C=O) groups is 1. The van der Waals surface area contributed by atoms with Gasteiger partial charge in [0.15, 0.2) is 0 Å². The summed E-state index contributed by atoms with van der Waals surface area (Å²) in [7, 11) is 0. The van der Waals surface area contributed by atoms with Gasteiger partial charge in [-0.3, -0.25) is 10.1 Å². The first-order chi connectivity index (χ1) is 7.55. The quantitative estimate of drug-likeness (QED) is 0.852. The molecule has 0 bridgehead atoms. The molecule has 0 saturated heterocycles. The molecule has 0 amide bonds. The highest BCUT2D eigenvalue weighted by Crippen LogP contribution is 2.36. The molecule has 0 atom stereocenters. The van der Waals surface area contributed by atoms with Gasteiger partial charge in [0, 0.05) is 6.54 Å². The molecule has 1 saturated carbocycles. The molecule has 0 radical (unpaired) electrons. The summed E-state index contributed by atoms with van der Waals surface area (Å²) in [5.74, 6) is -1.35. The second kappa shape index (κ2) is 4.03. The number of nitrogens with one attached hydrogen (secondary N) is 1. The second-order valence-corrected chi connectivity index (χ2v) is 4.33. The number of carboxylic acids is 1. The van der Waals surface area contributed by atoms with Crippen molar-refractivity contribution in [2.45, 2.75) is 24.9 Å². The molecule has 3 nitrogen and oxygen atoms in total. The van der Waals surface area contributed by atoms with Crippen LogP contribution < -0.4 is 5.32 Å². The van der Waals surface area contributed by atoms with Crippen LogP contribution in [0, 0.1) is 5.82 Å². The molecule has 86 valence electrons. The Balaban J connectivity index is 2.06. The molecule has 1 aromatic carbocycles. The standard InChI is InChI=1S/C11H11ClFNO2/c12-9-7(2-1-3-8(9)13)6-14-11(4-5-11)10(15)16/h1-3,14H,4-6H2,(H,15,16). The minimum atomic E-state index is -0.861. The van der Waals surface area contributed by atoms with Crippen molar-refractivity contribution in [3.05, 3.63) is 34.6 Å². The Hall–Kier alpha value is -1.13. The Morgan fingerprint density at radius 2 is 2.25 bits per heavy atom. The van der Waals surface area contributed by atoms with Crippen molar-refractivity contribution in [3.63, 3.8) is 0 Å². The van der Waals surface area contributed by atoms with Gasteiger partial charge >= 0.3 is 5.97 Å². The highest BCUT2D eigenvalue weighted by atomic mass is 35.5. The van der Waals surface area contributed by atoms with Gasteiger partial charge in [-0.2, -0.15) is 0 Å². The van der Waals surface area contributed by atoms with Crippen molar-refractivity contribution in [1.82, 2.24) is 5.32 Å². The van der Waals surface area contributed by atoms with Crippen molar-refractivity contribution in [2.24, 2.45) is 0 Å². The average molecular weight is 244 g/mol. The summed E-state index contributed by atoms with van der Waals surface area (Å²) in [5, 5.41) is 11.9. The molecular weight excluding hydrogens is 233 g/mol. The zero-order valence-electron chi connectivity index (χ0n) is 8.46. The lowest BCUT2D eigenvalue weighted by Gasteiger charge is -2.13. The summed E-state index contributed by atoms with van der Waals surface area (Å²) in [5.41, 5.74) is -0.246. The van der Waals surface area contributed by atoms with Crippen molar-refractivity contribution in [1.29, 1.82) is 0 Å². The number of halogens is 2. The fourth-order valence-electron chi connectivity index (χ4n) is 1.54. The third-order valence-electron chi connectivity index (χ3n) is 2.81. The summed E-state index contributed by atoms with van der Waals surface area (Å²) in [6.45, 7) is 0.267. The van der Waals surface area contributed by atoms with Gasteiger partial charge in [0.05, 0.1) is 5.02 Å². The fraction of sp³-hybridized carbons (Fsp3) is 0.364. The molecule has 16 heavy (non-hydrogen) atoms. The SMILES string of the molecule is O=C(O)C1(NCc2cccc(F)c2Cl)CC1. The van der Waals surface area contributed by atoms with E-state index < -0.39 is 17.3 Å². The number of benzene rings is 1. The lowest BCUT2D eigenvalue weighted by Crippen LogP contribution is -2.38. The molecule has 0 spiro atoms. The largest absolute Gasteiger partial charge is 0.480 e. The smallest absolute Gasteiger partial charge is 0.323 e. The topological polar surface area (TPSA) is 49.3 Å². The van der Waals surface area contributed by atoms with Crippen LogP contribution in [-0.4, -0.2) is 16.6 Å². The Morgan fingerprint density at radius 1 is 1.56 bits per heavy atom. The van der Waals surface area contributed by atoms with Crippen molar-refractivity contribution < 1.29 is 14.3 Å². The highest BCUT2D eigenvalue weighted by Gasteiger charge is 2.49. The first-order valence-electron chi connectivity index (χ1n) is 4.96. The van der Waals surface area contributed by atoms with Gasteiger partial charge in [-0.05, 0) is 24.5 Å². The maximum absolute atomic E-state index is 13.1. The molecule has 5 heteroatoms. The first kappa shape index (κ1) is 11.4. The number of carboxylic acid groups (broad SMARTS) is 1. The molecule has 0 aromatic heterocycles.